The van der Waals surface area contributed by atoms with E-state index in [0.717, 1.165) is 35.4 Å². The molecule has 3 rings (SSSR count). The lowest BCUT2D eigenvalue weighted by molar-refractivity contribution is -0.129. The molecule has 0 radical (unpaired) electrons. The van der Waals surface area contributed by atoms with Gasteiger partial charge in [0.15, 0.2) is 0 Å². The Balaban J connectivity index is 1.87. The van der Waals surface area contributed by atoms with Crippen molar-refractivity contribution in [1.29, 1.82) is 0 Å². The largest absolute Gasteiger partial charge is 0.478 e. The monoisotopic (exact) mass is 492 g/mol. The van der Waals surface area contributed by atoms with Crippen LogP contribution in [0.5, 0.6) is 0 Å². The number of unbranched alkanes of at least 4 members (excludes halogenated alkanes) is 1. The first-order chi connectivity index (χ1) is 17.3. The molecule has 0 saturated carbocycles. The van der Waals surface area contributed by atoms with Gasteiger partial charge in [0.05, 0.1) is 11.8 Å². The van der Waals surface area contributed by atoms with Crippen LogP contribution in [0, 0.1) is 6.92 Å². The van der Waals surface area contributed by atoms with E-state index in [1.165, 1.54) is 18.3 Å². The molecule has 36 heavy (non-hydrogen) atoms. The lowest BCUT2D eigenvalue weighted by Gasteiger charge is -2.20. The molecule has 0 unspecified atom stereocenters. The summed E-state index contributed by atoms with van der Waals surface area (Å²) in [6.45, 7) is 4.39. The Kier molecular flexibility index (Phi) is 9.35. The van der Waals surface area contributed by atoms with Gasteiger partial charge in [0.2, 0.25) is 5.91 Å². The number of hydroxylamine groups is 1. The molecule has 1 atom stereocenters. The number of nitrogens with one attached hydrogen (secondary N) is 2. The summed E-state index contributed by atoms with van der Waals surface area (Å²) in [5, 5.41) is 21.1. The fourth-order valence-corrected chi connectivity index (χ4v) is 4.05. The molecule has 3 aromatic rings. The van der Waals surface area contributed by atoms with Crippen LogP contribution in [0.25, 0.3) is 0 Å². The van der Waals surface area contributed by atoms with Gasteiger partial charge in [0.25, 0.3) is 5.91 Å². The van der Waals surface area contributed by atoms with Gasteiger partial charge < -0.3 is 15.0 Å². The molecule has 0 aliphatic heterocycles. The number of carbonyl (C=O) groups is 3. The Morgan fingerprint density at radius 1 is 1.08 bits per heavy atom. The molecular formula is C27H32N4O5. The number of amides is 2. The zero-order valence-corrected chi connectivity index (χ0v) is 20.5. The number of rotatable bonds is 12. The first kappa shape index (κ1) is 26.6. The number of carboxylic acid groups (broad SMARTS) is 1. The van der Waals surface area contributed by atoms with Crippen molar-refractivity contribution < 1.29 is 24.7 Å². The van der Waals surface area contributed by atoms with Crippen LogP contribution in [-0.2, 0) is 24.2 Å². The topological polar surface area (TPSA) is 134 Å². The van der Waals surface area contributed by atoms with E-state index in [0.29, 0.717) is 25.1 Å². The van der Waals surface area contributed by atoms with Crippen molar-refractivity contribution in [3.8, 4) is 0 Å². The second-order valence-corrected chi connectivity index (χ2v) is 8.79. The number of carbonyl (C=O) groups excluding carboxylic acids is 2. The number of nitrogens with zero attached hydrogens (tertiary/aromatic N) is 2. The number of aromatic nitrogens is 2. The molecule has 0 bridgehead atoms. The predicted octanol–water partition coefficient (Wildman–Crippen LogP) is 3.52. The number of aromatic carboxylic acids is 1. The highest BCUT2D eigenvalue weighted by molar-refractivity contribution is 5.93. The van der Waals surface area contributed by atoms with Crippen LogP contribution in [0.3, 0.4) is 0 Å². The maximum Gasteiger partial charge on any atom is 0.335 e. The SMILES string of the molecule is CCCCc1ncc(C(=O)N[C@@H](CC(=O)NO)Cc2ccccc2C)n1Cc1ccc(C(=O)O)cc1. The third kappa shape index (κ3) is 7.02. The Bertz CT molecular complexity index is 1200. The molecule has 2 amide bonds. The molecule has 1 aromatic heterocycles. The van der Waals surface area contributed by atoms with E-state index in [4.69, 9.17) is 10.3 Å². The van der Waals surface area contributed by atoms with Crippen LogP contribution in [0.15, 0.2) is 54.7 Å². The van der Waals surface area contributed by atoms with Gasteiger partial charge >= 0.3 is 5.97 Å². The lowest BCUT2D eigenvalue weighted by atomic mass is 9.99. The summed E-state index contributed by atoms with van der Waals surface area (Å²) in [6, 6.07) is 13.7. The first-order valence-electron chi connectivity index (χ1n) is 12.0. The zero-order chi connectivity index (χ0) is 26.1. The average Bonchev–Trinajstić information content (AvgIpc) is 3.26. The van der Waals surface area contributed by atoms with Crippen LogP contribution < -0.4 is 10.8 Å². The fourth-order valence-electron chi connectivity index (χ4n) is 4.05. The molecule has 9 heteroatoms. The molecule has 190 valence electrons. The highest BCUT2D eigenvalue weighted by Gasteiger charge is 2.22. The minimum Gasteiger partial charge on any atom is -0.478 e. The number of benzene rings is 2. The van der Waals surface area contributed by atoms with Gasteiger partial charge in [0.1, 0.15) is 11.5 Å². The van der Waals surface area contributed by atoms with E-state index < -0.39 is 17.9 Å². The summed E-state index contributed by atoms with van der Waals surface area (Å²) in [4.78, 5) is 41.0. The molecule has 0 aliphatic rings. The van der Waals surface area contributed by atoms with E-state index in [1.54, 1.807) is 17.6 Å². The number of hydrogen-bond acceptors (Lipinski definition) is 5. The van der Waals surface area contributed by atoms with E-state index >= 15 is 0 Å². The van der Waals surface area contributed by atoms with Gasteiger partial charge in [-0.1, -0.05) is 49.7 Å². The maximum atomic E-state index is 13.4. The molecule has 1 heterocycles. The summed E-state index contributed by atoms with van der Waals surface area (Å²) < 4.78 is 1.83. The number of imidazole rings is 1. The normalized spacial score (nSPS) is 11.6. The lowest BCUT2D eigenvalue weighted by Crippen LogP contribution is -2.41. The second-order valence-electron chi connectivity index (χ2n) is 8.79. The third-order valence-electron chi connectivity index (χ3n) is 6.09. The van der Waals surface area contributed by atoms with Crippen molar-refractivity contribution in [2.75, 3.05) is 0 Å². The highest BCUT2D eigenvalue weighted by Crippen LogP contribution is 2.16. The molecule has 0 aliphatic carbocycles. The average molecular weight is 493 g/mol. The standard InChI is InChI=1S/C27H32N4O5/c1-3-4-9-24-28-16-23(31(24)17-19-10-12-20(13-11-19)27(34)35)26(33)29-22(15-25(32)30-36)14-21-8-6-5-7-18(21)2/h5-8,10-13,16,22,36H,3-4,9,14-15,17H2,1-2H3,(H,29,33)(H,30,32)(H,34,35)/t22-/m1/s1. The number of hydrogen-bond donors (Lipinski definition) is 4. The molecule has 0 saturated heterocycles. The molecule has 0 spiro atoms. The molecule has 9 nitrogen and oxygen atoms in total. The van der Waals surface area contributed by atoms with Crippen LogP contribution in [-0.4, -0.2) is 43.7 Å². The van der Waals surface area contributed by atoms with Crippen molar-refractivity contribution in [3.05, 3.63) is 88.5 Å². The van der Waals surface area contributed by atoms with E-state index in [9.17, 15) is 14.4 Å². The molecular weight excluding hydrogens is 460 g/mol. The van der Waals surface area contributed by atoms with Gasteiger partial charge in [0, 0.05) is 25.4 Å². The van der Waals surface area contributed by atoms with Gasteiger partial charge in [-0.3, -0.25) is 14.8 Å². The van der Waals surface area contributed by atoms with Gasteiger partial charge in [-0.25, -0.2) is 15.3 Å². The minimum absolute atomic E-state index is 0.0932. The van der Waals surface area contributed by atoms with Gasteiger partial charge in [-0.2, -0.15) is 0 Å². The molecule has 4 N–H and O–H groups in total. The summed E-state index contributed by atoms with van der Waals surface area (Å²) in [5.74, 6) is -1.21. The molecule has 0 fully saturated rings. The third-order valence-corrected chi connectivity index (χ3v) is 6.09. The fraction of sp³-hybridized carbons (Fsp3) is 0.333. The van der Waals surface area contributed by atoms with E-state index in [-0.39, 0.29) is 17.9 Å². The number of carboxylic acids is 1. The maximum absolute atomic E-state index is 13.4. The summed E-state index contributed by atoms with van der Waals surface area (Å²) in [6.07, 6.45) is 4.42. The van der Waals surface area contributed by atoms with E-state index in [1.807, 2.05) is 35.8 Å². The van der Waals surface area contributed by atoms with Crippen molar-refractivity contribution in [2.24, 2.45) is 0 Å². The van der Waals surface area contributed by atoms with Gasteiger partial charge in [-0.05, 0) is 48.6 Å². The van der Waals surface area contributed by atoms with Crippen LogP contribution >= 0.6 is 0 Å². The summed E-state index contributed by atoms with van der Waals surface area (Å²) >= 11 is 0. The predicted molar refractivity (Wildman–Crippen MR) is 134 cm³/mol. The van der Waals surface area contributed by atoms with E-state index in [2.05, 4.69) is 17.2 Å². The smallest absolute Gasteiger partial charge is 0.335 e. The first-order valence-corrected chi connectivity index (χ1v) is 12.0. The highest BCUT2D eigenvalue weighted by atomic mass is 16.5. The Morgan fingerprint density at radius 2 is 1.81 bits per heavy atom. The number of aryl methyl sites for hydroxylation is 2. The molecule has 2 aromatic carbocycles. The Morgan fingerprint density at radius 3 is 2.44 bits per heavy atom. The minimum atomic E-state index is -1.00. The van der Waals surface area contributed by atoms with Gasteiger partial charge in [-0.15, -0.1) is 0 Å². The van der Waals surface area contributed by atoms with Crippen LogP contribution in [0.1, 0.15) is 69.5 Å². The zero-order valence-electron chi connectivity index (χ0n) is 20.5. The quantitative estimate of drug-likeness (QED) is 0.226. The summed E-state index contributed by atoms with van der Waals surface area (Å²) in [5.41, 5.74) is 5.05. The van der Waals surface area contributed by atoms with Crippen molar-refractivity contribution in [2.45, 2.75) is 58.5 Å². The van der Waals surface area contributed by atoms with Crippen molar-refractivity contribution in [3.63, 3.8) is 0 Å². The Labute approximate surface area is 210 Å². The van der Waals surface area contributed by atoms with Crippen molar-refractivity contribution in [1.82, 2.24) is 20.3 Å². The van der Waals surface area contributed by atoms with Crippen LogP contribution in [0.4, 0.5) is 0 Å². The van der Waals surface area contributed by atoms with Crippen LogP contribution in [0.2, 0.25) is 0 Å². The summed E-state index contributed by atoms with van der Waals surface area (Å²) in [7, 11) is 0. The Hall–Kier alpha value is -3.98. The second kappa shape index (κ2) is 12.6. The van der Waals surface area contributed by atoms with Crippen molar-refractivity contribution >= 4 is 17.8 Å².